The number of hydrogen-bond donors (Lipinski definition) is 2. The molecule has 1 aliphatic heterocycles. The van der Waals surface area contributed by atoms with Gasteiger partial charge in [-0.15, -0.1) is 12.4 Å². The van der Waals surface area contributed by atoms with Crippen molar-refractivity contribution < 1.29 is 4.79 Å². The topological polar surface area (TPSA) is 59.0 Å². The number of aryl methyl sites for hydroxylation is 1. The van der Waals surface area contributed by atoms with Gasteiger partial charge >= 0.3 is 0 Å². The van der Waals surface area contributed by atoms with Crippen molar-refractivity contribution in [2.45, 2.75) is 33.2 Å². The van der Waals surface area contributed by atoms with Crippen LogP contribution in [-0.2, 0) is 0 Å². The Morgan fingerprint density at radius 1 is 1.29 bits per heavy atom. The Kier molecular flexibility index (Phi) is 6.02. The fourth-order valence-corrected chi connectivity index (χ4v) is 3.22. The fraction of sp³-hybridized carbons (Fsp3) is 0.444. The van der Waals surface area contributed by atoms with Gasteiger partial charge in [-0.25, -0.2) is 4.68 Å². The molecule has 0 aliphatic carbocycles. The highest BCUT2D eigenvalue weighted by Crippen LogP contribution is 2.19. The summed E-state index contributed by atoms with van der Waals surface area (Å²) < 4.78 is 1.84. The number of carbonyl (C=O) groups excluding carboxylic acids is 1. The van der Waals surface area contributed by atoms with Gasteiger partial charge in [0, 0.05) is 12.6 Å². The van der Waals surface area contributed by atoms with Crippen LogP contribution in [0.25, 0.3) is 5.69 Å². The molecule has 1 amide bonds. The molecule has 2 unspecified atom stereocenters. The second-order valence-electron chi connectivity index (χ2n) is 6.34. The standard InChI is InChI=1S/C18H24N4O.ClH/c1-12-9-10-19-11-16(12)20-18(23)17-13(2)21-22(14(17)3)15-7-5-4-6-8-15;/h4-8,12,16,19H,9-11H2,1-3H3,(H,20,23);1H. The van der Waals surface area contributed by atoms with Gasteiger partial charge in [0.1, 0.15) is 0 Å². The molecule has 0 radical (unpaired) electrons. The highest BCUT2D eigenvalue weighted by molar-refractivity contribution is 5.96. The van der Waals surface area contributed by atoms with E-state index in [4.69, 9.17) is 0 Å². The van der Waals surface area contributed by atoms with E-state index < -0.39 is 0 Å². The zero-order valence-corrected chi connectivity index (χ0v) is 15.2. The van der Waals surface area contributed by atoms with E-state index in [2.05, 4.69) is 22.7 Å². The minimum atomic E-state index is -0.0252. The normalized spacial score (nSPS) is 20.3. The Bertz CT molecular complexity index is 699. The molecule has 0 bridgehead atoms. The summed E-state index contributed by atoms with van der Waals surface area (Å²) >= 11 is 0. The smallest absolute Gasteiger partial charge is 0.255 e. The quantitative estimate of drug-likeness (QED) is 0.896. The Morgan fingerprint density at radius 3 is 2.67 bits per heavy atom. The third-order valence-electron chi connectivity index (χ3n) is 4.66. The lowest BCUT2D eigenvalue weighted by atomic mass is 9.94. The fourth-order valence-electron chi connectivity index (χ4n) is 3.22. The molecule has 2 heterocycles. The molecule has 1 aliphatic rings. The van der Waals surface area contributed by atoms with Crippen molar-refractivity contribution >= 4 is 18.3 Å². The highest BCUT2D eigenvalue weighted by Gasteiger charge is 2.26. The molecule has 6 heteroatoms. The van der Waals surface area contributed by atoms with Crippen molar-refractivity contribution in [2.75, 3.05) is 13.1 Å². The summed E-state index contributed by atoms with van der Waals surface area (Å²) in [7, 11) is 0. The average molecular weight is 349 g/mol. The van der Waals surface area contributed by atoms with Crippen LogP contribution in [0.1, 0.15) is 35.1 Å². The molecule has 24 heavy (non-hydrogen) atoms. The van der Waals surface area contributed by atoms with E-state index in [1.54, 1.807) is 0 Å². The number of nitrogens with zero attached hydrogens (tertiary/aromatic N) is 2. The Morgan fingerprint density at radius 2 is 2.00 bits per heavy atom. The highest BCUT2D eigenvalue weighted by atomic mass is 35.5. The van der Waals surface area contributed by atoms with Crippen molar-refractivity contribution in [2.24, 2.45) is 5.92 Å². The zero-order chi connectivity index (χ0) is 16.4. The Labute approximate surface area is 149 Å². The number of aromatic nitrogens is 2. The van der Waals surface area contributed by atoms with Crippen molar-refractivity contribution in [1.29, 1.82) is 0 Å². The van der Waals surface area contributed by atoms with E-state index in [1.807, 2.05) is 48.9 Å². The van der Waals surface area contributed by atoms with E-state index in [0.29, 0.717) is 11.5 Å². The molecule has 1 aromatic heterocycles. The van der Waals surface area contributed by atoms with Gasteiger partial charge in [0.05, 0.1) is 22.6 Å². The van der Waals surface area contributed by atoms with Crippen LogP contribution in [0.4, 0.5) is 0 Å². The lowest BCUT2D eigenvalue weighted by molar-refractivity contribution is 0.0914. The summed E-state index contributed by atoms with van der Waals surface area (Å²) in [5.74, 6) is 0.465. The number of halogens is 1. The first kappa shape index (κ1) is 18.5. The van der Waals surface area contributed by atoms with Crippen LogP contribution in [0, 0.1) is 19.8 Å². The third kappa shape index (κ3) is 3.62. The largest absolute Gasteiger partial charge is 0.348 e. The molecular formula is C18H25ClN4O. The summed E-state index contributed by atoms with van der Waals surface area (Å²) in [4.78, 5) is 12.8. The molecule has 0 saturated carbocycles. The van der Waals surface area contributed by atoms with Gasteiger partial charge in [0.2, 0.25) is 0 Å². The molecular weight excluding hydrogens is 324 g/mol. The van der Waals surface area contributed by atoms with Gasteiger partial charge in [-0.2, -0.15) is 5.10 Å². The van der Waals surface area contributed by atoms with Gasteiger partial charge < -0.3 is 10.6 Å². The number of nitrogens with one attached hydrogen (secondary N) is 2. The van der Waals surface area contributed by atoms with Gasteiger partial charge in [-0.1, -0.05) is 25.1 Å². The molecule has 0 spiro atoms. The molecule has 2 aromatic rings. The molecule has 130 valence electrons. The van der Waals surface area contributed by atoms with E-state index >= 15 is 0 Å². The van der Waals surface area contributed by atoms with E-state index in [1.165, 1.54) is 0 Å². The summed E-state index contributed by atoms with van der Waals surface area (Å²) in [5.41, 5.74) is 3.30. The second-order valence-corrected chi connectivity index (χ2v) is 6.34. The maximum atomic E-state index is 12.8. The summed E-state index contributed by atoms with van der Waals surface area (Å²) in [5, 5.41) is 11.1. The minimum Gasteiger partial charge on any atom is -0.348 e. The number of rotatable bonds is 3. The maximum Gasteiger partial charge on any atom is 0.255 e. The number of piperidine rings is 1. The number of para-hydroxylation sites is 1. The number of benzene rings is 1. The molecule has 5 nitrogen and oxygen atoms in total. The number of hydrogen-bond acceptors (Lipinski definition) is 3. The van der Waals surface area contributed by atoms with Gasteiger partial charge in [0.25, 0.3) is 5.91 Å². The monoisotopic (exact) mass is 348 g/mol. The number of carbonyl (C=O) groups is 1. The summed E-state index contributed by atoms with van der Waals surface area (Å²) in [6, 6.07) is 10.1. The van der Waals surface area contributed by atoms with Crippen molar-refractivity contribution in [3.8, 4) is 5.69 Å². The zero-order valence-electron chi connectivity index (χ0n) is 14.4. The summed E-state index contributed by atoms with van der Waals surface area (Å²) in [6.07, 6.45) is 1.09. The van der Waals surface area contributed by atoms with Gasteiger partial charge in [-0.05, 0) is 44.9 Å². The van der Waals surface area contributed by atoms with Crippen LogP contribution >= 0.6 is 12.4 Å². The molecule has 1 saturated heterocycles. The van der Waals surface area contributed by atoms with Gasteiger partial charge in [-0.3, -0.25) is 4.79 Å². The first-order valence-electron chi connectivity index (χ1n) is 8.21. The van der Waals surface area contributed by atoms with Crippen molar-refractivity contribution in [3.63, 3.8) is 0 Å². The van der Waals surface area contributed by atoms with E-state index in [-0.39, 0.29) is 24.4 Å². The first-order valence-corrected chi connectivity index (χ1v) is 8.21. The maximum absolute atomic E-state index is 12.8. The van der Waals surface area contributed by atoms with Crippen LogP contribution in [0.15, 0.2) is 30.3 Å². The molecule has 2 N–H and O–H groups in total. The predicted molar refractivity (Wildman–Crippen MR) is 98.2 cm³/mol. The minimum absolute atomic E-state index is 0. The average Bonchev–Trinajstić information content (AvgIpc) is 2.85. The van der Waals surface area contributed by atoms with Crippen LogP contribution in [0.5, 0.6) is 0 Å². The Balaban J connectivity index is 0.00000208. The van der Waals surface area contributed by atoms with Crippen LogP contribution in [0.3, 0.4) is 0 Å². The second kappa shape index (κ2) is 7.81. The molecule has 1 fully saturated rings. The van der Waals surface area contributed by atoms with Gasteiger partial charge in [0.15, 0.2) is 0 Å². The van der Waals surface area contributed by atoms with Crippen LogP contribution < -0.4 is 10.6 Å². The lowest BCUT2D eigenvalue weighted by Crippen LogP contribution is -2.50. The SMILES string of the molecule is Cc1nn(-c2ccccc2)c(C)c1C(=O)NC1CNCCC1C.Cl. The predicted octanol–water partition coefficient (Wildman–Crippen LogP) is 2.64. The van der Waals surface area contributed by atoms with Crippen molar-refractivity contribution in [3.05, 3.63) is 47.3 Å². The van der Waals surface area contributed by atoms with E-state index in [9.17, 15) is 4.79 Å². The lowest BCUT2D eigenvalue weighted by Gasteiger charge is -2.30. The molecule has 2 atom stereocenters. The first-order chi connectivity index (χ1) is 11.1. The van der Waals surface area contributed by atoms with Crippen molar-refractivity contribution in [1.82, 2.24) is 20.4 Å². The van der Waals surface area contributed by atoms with Crippen LogP contribution in [0.2, 0.25) is 0 Å². The van der Waals surface area contributed by atoms with E-state index in [0.717, 1.165) is 36.6 Å². The Hall–Kier alpha value is -1.85. The molecule has 3 rings (SSSR count). The van der Waals surface area contributed by atoms with Crippen LogP contribution in [-0.4, -0.2) is 34.8 Å². The third-order valence-corrected chi connectivity index (χ3v) is 4.66. The summed E-state index contributed by atoms with van der Waals surface area (Å²) in [6.45, 7) is 7.89. The number of amides is 1. The molecule has 1 aromatic carbocycles.